The molecule has 0 saturated carbocycles. The Balaban J connectivity index is 4.50. The summed E-state index contributed by atoms with van der Waals surface area (Å²) in [6.07, 6.45) is 7.11. The summed E-state index contributed by atoms with van der Waals surface area (Å²) < 4.78 is 17.8. The Labute approximate surface area is 108 Å². The zero-order chi connectivity index (χ0) is 13.0. The van der Waals surface area contributed by atoms with Crippen LogP contribution < -0.4 is 0 Å². The van der Waals surface area contributed by atoms with Crippen molar-refractivity contribution in [1.29, 1.82) is 0 Å². The molecule has 0 fully saturated rings. The highest BCUT2D eigenvalue weighted by Gasteiger charge is 2.39. The molecule has 0 spiro atoms. The van der Waals surface area contributed by atoms with E-state index in [1.807, 2.05) is 13.0 Å². The first-order valence-corrected chi connectivity index (χ1v) is 8.70. The molecule has 0 aliphatic rings. The topological polar surface area (TPSA) is 27.7 Å². The summed E-state index contributed by atoms with van der Waals surface area (Å²) in [6, 6.07) is 0.781. The highest BCUT2D eigenvalue weighted by molar-refractivity contribution is 6.61. The van der Waals surface area contributed by atoms with Crippen LogP contribution in [0.4, 0.5) is 0 Å². The average Bonchev–Trinajstić information content (AvgIpc) is 2.37. The van der Waals surface area contributed by atoms with E-state index in [9.17, 15) is 0 Å². The Morgan fingerprint density at radius 3 is 1.53 bits per heavy atom. The molecule has 0 rings (SSSR count). The lowest BCUT2D eigenvalue weighted by Gasteiger charge is -2.28. The van der Waals surface area contributed by atoms with Gasteiger partial charge in [0.2, 0.25) is 0 Å². The monoisotopic (exact) mass is 260 g/mol. The smallest absolute Gasteiger partial charge is 0.373 e. The first kappa shape index (κ1) is 16.8. The van der Waals surface area contributed by atoms with E-state index in [0.29, 0.717) is 0 Å². The van der Waals surface area contributed by atoms with Gasteiger partial charge < -0.3 is 13.3 Å². The summed E-state index contributed by atoms with van der Waals surface area (Å²) in [5.74, 6) is 0. The maximum absolute atomic E-state index is 5.93. The van der Waals surface area contributed by atoms with Crippen LogP contribution in [0.15, 0.2) is 12.2 Å². The lowest BCUT2D eigenvalue weighted by atomic mass is 10.5. The van der Waals surface area contributed by atoms with Crippen molar-refractivity contribution in [3.63, 3.8) is 0 Å². The van der Waals surface area contributed by atoms with E-state index in [2.05, 4.69) is 26.8 Å². The molecule has 0 aliphatic carbocycles. The summed E-state index contributed by atoms with van der Waals surface area (Å²) in [5, 5.41) is 0. The van der Waals surface area contributed by atoms with Gasteiger partial charge in [-0.1, -0.05) is 32.9 Å². The highest BCUT2D eigenvalue weighted by atomic mass is 28.4. The molecule has 0 aliphatic heterocycles. The van der Waals surface area contributed by atoms with Gasteiger partial charge in [-0.25, -0.2) is 0 Å². The van der Waals surface area contributed by atoms with Gasteiger partial charge in [-0.3, -0.25) is 0 Å². The number of allylic oxidation sites excluding steroid dienone is 2. The number of hydrogen-bond donors (Lipinski definition) is 0. The maximum Gasteiger partial charge on any atom is 0.504 e. The predicted octanol–water partition coefficient (Wildman–Crippen LogP) is 3.78. The van der Waals surface area contributed by atoms with Gasteiger partial charge in [-0.15, -0.1) is 0 Å². The molecule has 0 N–H and O–H groups in total. The van der Waals surface area contributed by atoms with Crippen molar-refractivity contribution in [2.24, 2.45) is 0 Å². The predicted molar refractivity (Wildman–Crippen MR) is 74.1 cm³/mol. The first-order valence-electron chi connectivity index (χ1n) is 6.77. The van der Waals surface area contributed by atoms with E-state index >= 15 is 0 Å². The summed E-state index contributed by atoms with van der Waals surface area (Å²) in [7, 11) is -2.47. The second-order valence-electron chi connectivity index (χ2n) is 4.00. The van der Waals surface area contributed by atoms with Gasteiger partial charge in [0.1, 0.15) is 0 Å². The van der Waals surface area contributed by atoms with Crippen molar-refractivity contribution in [3.8, 4) is 0 Å². The van der Waals surface area contributed by atoms with E-state index in [1.54, 1.807) is 0 Å². The van der Waals surface area contributed by atoms with Gasteiger partial charge in [0.05, 0.1) is 0 Å². The molecule has 0 amide bonds. The molecule has 0 saturated heterocycles. The Hall–Kier alpha value is -0.163. The first-order chi connectivity index (χ1) is 8.24. The third-order valence-electron chi connectivity index (χ3n) is 2.18. The van der Waals surface area contributed by atoms with E-state index < -0.39 is 8.80 Å². The molecule has 0 radical (unpaired) electrons. The zero-order valence-electron chi connectivity index (χ0n) is 11.8. The minimum atomic E-state index is -2.47. The summed E-state index contributed by atoms with van der Waals surface area (Å²) in [6.45, 7) is 10.5. The third-order valence-corrected chi connectivity index (χ3v) is 4.85. The standard InChI is InChI=1S/C13H28O3Si/c1-5-9-13-17(14-10-6-2,15-11-7-3)16-12-8-4/h5,9H,6-8,10-13H2,1-4H3/b9-5-. The van der Waals surface area contributed by atoms with Crippen LogP contribution in [0.25, 0.3) is 0 Å². The molecule has 0 aromatic heterocycles. The molecular weight excluding hydrogens is 232 g/mol. The Bertz CT molecular complexity index is 173. The fourth-order valence-corrected chi connectivity index (χ4v) is 4.01. The molecule has 0 aromatic rings. The molecule has 0 bridgehead atoms. The van der Waals surface area contributed by atoms with Gasteiger partial charge in [0.15, 0.2) is 0 Å². The number of rotatable bonds is 11. The van der Waals surface area contributed by atoms with Crippen LogP contribution >= 0.6 is 0 Å². The van der Waals surface area contributed by atoms with Crippen molar-refractivity contribution in [2.45, 2.75) is 53.0 Å². The second-order valence-corrected chi connectivity index (χ2v) is 6.64. The van der Waals surface area contributed by atoms with Crippen LogP contribution in [0.3, 0.4) is 0 Å². The largest absolute Gasteiger partial charge is 0.504 e. The van der Waals surface area contributed by atoms with Crippen LogP contribution in [0.1, 0.15) is 47.0 Å². The highest BCUT2D eigenvalue weighted by Crippen LogP contribution is 2.18. The quantitative estimate of drug-likeness (QED) is 0.418. The van der Waals surface area contributed by atoms with E-state index in [1.165, 1.54) is 0 Å². The zero-order valence-corrected chi connectivity index (χ0v) is 12.8. The van der Waals surface area contributed by atoms with Crippen molar-refractivity contribution >= 4 is 8.80 Å². The molecule has 0 atom stereocenters. The van der Waals surface area contributed by atoms with E-state index in [0.717, 1.165) is 45.1 Å². The number of hydrogen-bond acceptors (Lipinski definition) is 3. The molecular formula is C13H28O3Si. The van der Waals surface area contributed by atoms with Crippen molar-refractivity contribution in [3.05, 3.63) is 12.2 Å². The average molecular weight is 260 g/mol. The molecule has 0 heterocycles. The minimum Gasteiger partial charge on any atom is -0.373 e. The molecule has 3 nitrogen and oxygen atoms in total. The summed E-state index contributed by atoms with van der Waals surface area (Å²) in [4.78, 5) is 0. The molecule has 0 aromatic carbocycles. The Kier molecular flexibility index (Phi) is 10.9. The Morgan fingerprint density at radius 1 is 0.824 bits per heavy atom. The molecule has 4 heteroatoms. The fraction of sp³-hybridized carbons (Fsp3) is 0.846. The molecule has 17 heavy (non-hydrogen) atoms. The van der Waals surface area contributed by atoms with Gasteiger partial charge >= 0.3 is 8.80 Å². The van der Waals surface area contributed by atoms with Crippen molar-refractivity contribution in [1.82, 2.24) is 0 Å². The SMILES string of the molecule is C/C=C\C[Si](OCCC)(OCCC)OCCC. The third kappa shape index (κ3) is 7.71. The van der Waals surface area contributed by atoms with Gasteiger partial charge in [-0.05, 0) is 26.2 Å². The van der Waals surface area contributed by atoms with Crippen LogP contribution in [-0.4, -0.2) is 28.6 Å². The fourth-order valence-electron chi connectivity index (χ4n) is 1.34. The second kappa shape index (κ2) is 11.0. The maximum atomic E-state index is 5.93. The van der Waals surface area contributed by atoms with Crippen LogP contribution in [0.5, 0.6) is 0 Å². The van der Waals surface area contributed by atoms with Crippen molar-refractivity contribution < 1.29 is 13.3 Å². The van der Waals surface area contributed by atoms with Crippen LogP contribution in [0.2, 0.25) is 6.04 Å². The lowest BCUT2D eigenvalue weighted by molar-refractivity contribution is 0.0620. The van der Waals surface area contributed by atoms with E-state index in [4.69, 9.17) is 13.3 Å². The minimum absolute atomic E-state index is 0.719. The van der Waals surface area contributed by atoms with Crippen LogP contribution in [-0.2, 0) is 13.3 Å². The lowest BCUT2D eigenvalue weighted by Crippen LogP contribution is -2.46. The summed E-state index contributed by atoms with van der Waals surface area (Å²) in [5.41, 5.74) is 0. The van der Waals surface area contributed by atoms with Gasteiger partial charge in [0.25, 0.3) is 0 Å². The molecule has 0 unspecified atom stereocenters. The van der Waals surface area contributed by atoms with Crippen molar-refractivity contribution in [2.75, 3.05) is 19.8 Å². The van der Waals surface area contributed by atoms with Gasteiger partial charge in [0, 0.05) is 25.9 Å². The van der Waals surface area contributed by atoms with Gasteiger partial charge in [-0.2, -0.15) is 0 Å². The summed E-state index contributed by atoms with van der Waals surface area (Å²) >= 11 is 0. The molecule has 102 valence electrons. The normalized spacial score (nSPS) is 12.5. The van der Waals surface area contributed by atoms with E-state index in [-0.39, 0.29) is 0 Å². The van der Waals surface area contributed by atoms with Crippen LogP contribution in [0, 0.1) is 0 Å². The Morgan fingerprint density at radius 2 is 1.24 bits per heavy atom.